The normalized spacial score (nSPS) is 19.9. The van der Waals surface area contributed by atoms with Crippen LogP contribution < -0.4 is 0 Å². The van der Waals surface area contributed by atoms with E-state index in [4.69, 9.17) is 11.6 Å². The Hall–Kier alpha value is -0.560. The molecule has 1 aliphatic carbocycles. The summed E-state index contributed by atoms with van der Waals surface area (Å²) in [6.07, 6.45) is 5.81. The first kappa shape index (κ1) is 10.5. The lowest BCUT2D eigenvalue weighted by Crippen LogP contribution is -2.18. The Bertz CT molecular complexity index is 259. The minimum Gasteiger partial charge on any atom is -0.293 e. The summed E-state index contributed by atoms with van der Waals surface area (Å²) in [7, 11) is 1.82. The monoisotopic (exact) mass is 197 g/mol. The highest BCUT2D eigenvalue weighted by molar-refractivity contribution is 6.31. The summed E-state index contributed by atoms with van der Waals surface area (Å²) in [6.45, 7) is 5.72. The molecule has 0 atom stereocenters. The van der Waals surface area contributed by atoms with Crippen molar-refractivity contribution in [1.82, 2.24) is 0 Å². The molecule has 0 N–H and O–H groups in total. The molecule has 0 aliphatic heterocycles. The fraction of sp³-hybridized carbons (Fsp3) is 0.545. The summed E-state index contributed by atoms with van der Waals surface area (Å²) >= 11 is 5.77. The lowest BCUT2D eigenvalue weighted by atomic mass is 9.78. The molecule has 0 aromatic rings. The van der Waals surface area contributed by atoms with E-state index in [1.807, 2.05) is 20.0 Å². The van der Waals surface area contributed by atoms with E-state index in [-0.39, 0.29) is 0 Å². The van der Waals surface area contributed by atoms with Gasteiger partial charge in [-0.15, -0.1) is 0 Å². The Balaban J connectivity index is 2.81. The Kier molecular flexibility index (Phi) is 3.73. The molecule has 1 fully saturated rings. The van der Waals surface area contributed by atoms with E-state index in [1.54, 1.807) is 0 Å². The summed E-state index contributed by atoms with van der Waals surface area (Å²) < 4.78 is 0. The van der Waals surface area contributed by atoms with E-state index in [0.29, 0.717) is 11.0 Å². The summed E-state index contributed by atoms with van der Waals surface area (Å²) in [4.78, 5) is 4.19. The van der Waals surface area contributed by atoms with E-state index in [1.165, 1.54) is 24.8 Å². The van der Waals surface area contributed by atoms with Crippen molar-refractivity contribution >= 4 is 17.3 Å². The second-order valence-electron chi connectivity index (χ2n) is 3.48. The van der Waals surface area contributed by atoms with Gasteiger partial charge in [-0.3, -0.25) is 4.99 Å². The summed E-state index contributed by atoms with van der Waals surface area (Å²) in [5.74, 6) is 0.666. The number of aliphatic imine (C=N–C) groups is 1. The Morgan fingerprint density at radius 2 is 2.15 bits per heavy atom. The molecule has 0 saturated heterocycles. The van der Waals surface area contributed by atoms with Crippen LogP contribution in [0, 0.1) is 5.92 Å². The summed E-state index contributed by atoms with van der Waals surface area (Å²) in [5.41, 5.74) is 2.36. The fourth-order valence-corrected chi connectivity index (χ4v) is 1.65. The fourth-order valence-electron chi connectivity index (χ4n) is 1.53. The van der Waals surface area contributed by atoms with Crippen molar-refractivity contribution in [2.45, 2.75) is 26.2 Å². The van der Waals surface area contributed by atoms with E-state index < -0.39 is 0 Å². The van der Waals surface area contributed by atoms with Crippen LogP contribution >= 0.6 is 11.6 Å². The maximum atomic E-state index is 5.77. The molecule has 2 heteroatoms. The number of rotatable bonds is 3. The molecule has 0 unspecified atom stereocenters. The zero-order valence-electron chi connectivity index (χ0n) is 8.31. The van der Waals surface area contributed by atoms with Gasteiger partial charge >= 0.3 is 0 Å². The van der Waals surface area contributed by atoms with Crippen LogP contribution in [0.25, 0.3) is 0 Å². The van der Waals surface area contributed by atoms with Gasteiger partial charge in [0, 0.05) is 17.8 Å². The average molecular weight is 198 g/mol. The first-order chi connectivity index (χ1) is 6.15. The zero-order valence-corrected chi connectivity index (χ0v) is 9.06. The highest BCUT2D eigenvalue weighted by Gasteiger charge is 2.23. The van der Waals surface area contributed by atoms with Gasteiger partial charge in [-0.1, -0.05) is 24.6 Å². The van der Waals surface area contributed by atoms with Crippen LogP contribution in [0.3, 0.4) is 0 Å². The molecule has 1 saturated carbocycles. The molecule has 0 radical (unpaired) electrons. The highest BCUT2D eigenvalue weighted by Crippen LogP contribution is 2.34. The SMILES string of the molecule is C=C(Cl)/C=C(\C(C)=NC)C1CCC1. The van der Waals surface area contributed by atoms with E-state index in [9.17, 15) is 0 Å². The van der Waals surface area contributed by atoms with Crippen LogP contribution in [0.1, 0.15) is 26.2 Å². The van der Waals surface area contributed by atoms with Gasteiger partial charge in [0.15, 0.2) is 0 Å². The molecule has 0 heterocycles. The summed E-state index contributed by atoms with van der Waals surface area (Å²) in [6, 6.07) is 0. The minimum atomic E-state index is 0.602. The van der Waals surface area contributed by atoms with Crippen molar-refractivity contribution in [3.8, 4) is 0 Å². The molecule has 72 valence electrons. The van der Waals surface area contributed by atoms with Crippen LogP contribution in [0.15, 0.2) is 28.3 Å². The quantitative estimate of drug-likeness (QED) is 0.485. The van der Waals surface area contributed by atoms with Crippen molar-refractivity contribution in [2.24, 2.45) is 10.9 Å². The maximum absolute atomic E-state index is 5.77. The molecule has 0 spiro atoms. The van der Waals surface area contributed by atoms with Gasteiger partial charge < -0.3 is 0 Å². The van der Waals surface area contributed by atoms with Crippen molar-refractivity contribution in [1.29, 1.82) is 0 Å². The number of hydrogen-bond acceptors (Lipinski definition) is 1. The van der Waals surface area contributed by atoms with Gasteiger partial charge in [-0.25, -0.2) is 0 Å². The number of hydrogen-bond donors (Lipinski definition) is 0. The zero-order chi connectivity index (χ0) is 9.84. The third kappa shape index (κ3) is 2.70. The third-order valence-corrected chi connectivity index (χ3v) is 2.72. The smallest absolute Gasteiger partial charge is 0.0349 e. The molecule has 1 aliphatic rings. The lowest BCUT2D eigenvalue weighted by Gasteiger charge is -2.28. The van der Waals surface area contributed by atoms with E-state index in [0.717, 1.165) is 5.71 Å². The Morgan fingerprint density at radius 3 is 2.46 bits per heavy atom. The lowest BCUT2D eigenvalue weighted by molar-refractivity contribution is 0.377. The van der Waals surface area contributed by atoms with Crippen molar-refractivity contribution in [2.75, 3.05) is 7.05 Å². The maximum Gasteiger partial charge on any atom is 0.0349 e. The predicted molar refractivity (Wildman–Crippen MR) is 59.5 cm³/mol. The van der Waals surface area contributed by atoms with E-state index >= 15 is 0 Å². The number of halogens is 1. The second-order valence-corrected chi connectivity index (χ2v) is 3.97. The van der Waals surface area contributed by atoms with Gasteiger partial charge in [-0.05, 0) is 37.3 Å². The van der Waals surface area contributed by atoms with Gasteiger partial charge in [0.2, 0.25) is 0 Å². The van der Waals surface area contributed by atoms with Gasteiger partial charge in [-0.2, -0.15) is 0 Å². The summed E-state index contributed by atoms with van der Waals surface area (Å²) in [5, 5.41) is 0.602. The minimum absolute atomic E-state index is 0.602. The number of nitrogens with zero attached hydrogens (tertiary/aromatic N) is 1. The van der Waals surface area contributed by atoms with Crippen LogP contribution in [0.4, 0.5) is 0 Å². The molecular formula is C11H16ClN. The molecule has 13 heavy (non-hydrogen) atoms. The van der Waals surface area contributed by atoms with Gasteiger partial charge in [0.25, 0.3) is 0 Å². The number of allylic oxidation sites excluding steroid dienone is 3. The average Bonchev–Trinajstić information content (AvgIpc) is 1.98. The van der Waals surface area contributed by atoms with Crippen LogP contribution in [0.2, 0.25) is 0 Å². The molecule has 1 rings (SSSR count). The largest absolute Gasteiger partial charge is 0.293 e. The predicted octanol–water partition coefficient (Wildman–Crippen LogP) is 3.56. The Morgan fingerprint density at radius 1 is 1.54 bits per heavy atom. The van der Waals surface area contributed by atoms with Crippen LogP contribution in [-0.4, -0.2) is 12.8 Å². The molecule has 0 amide bonds. The topological polar surface area (TPSA) is 12.4 Å². The van der Waals surface area contributed by atoms with Crippen molar-refractivity contribution in [3.05, 3.63) is 23.3 Å². The van der Waals surface area contributed by atoms with Crippen molar-refractivity contribution < 1.29 is 0 Å². The first-order valence-corrected chi connectivity index (χ1v) is 5.02. The third-order valence-electron chi connectivity index (χ3n) is 2.61. The first-order valence-electron chi connectivity index (χ1n) is 4.65. The standard InChI is InChI=1S/C11H16ClN/c1-8(12)7-11(9(2)13-3)10-5-4-6-10/h7,10H,1,4-6H2,2-3H3/b11-7+,13-9?. The Labute approximate surface area is 85.2 Å². The van der Waals surface area contributed by atoms with Gasteiger partial charge in [0.1, 0.15) is 0 Å². The van der Waals surface area contributed by atoms with Crippen LogP contribution in [-0.2, 0) is 0 Å². The van der Waals surface area contributed by atoms with Gasteiger partial charge in [0.05, 0.1) is 0 Å². The van der Waals surface area contributed by atoms with Crippen LogP contribution in [0.5, 0.6) is 0 Å². The van der Waals surface area contributed by atoms with Crippen molar-refractivity contribution in [3.63, 3.8) is 0 Å². The second kappa shape index (κ2) is 4.61. The molecule has 1 nitrogen and oxygen atoms in total. The highest BCUT2D eigenvalue weighted by atomic mass is 35.5. The molecular weight excluding hydrogens is 182 g/mol. The molecule has 0 aromatic carbocycles. The molecule has 0 aromatic heterocycles. The van der Waals surface area contributed by atoms with E-state index in [2.05, 4.69) is 11.6 Å². The molecule has 0 bridgehead atoms.